The van der Waals surface area contributed by atoms with Gasteiger partial charge in [-0.15, -0.1) is 10.2 Å². The summed E-state index contributed by atoms with van der Waals surface area (Å²) in [6, 6.07) is 11.1. The molecule has 0 unspecified atom stereocenters. The van der Waals surface area contributed by atoms with Crippen molar-refractivity contribution in [2.75, 3.05) is 12.4 Å². The van der Waals surface area contributed by atoms with Crippen molar-refractivity contribution in [1.29, 1.82) is 5.26 Å². The fourth-order valence-electron chi connectivity index (χ4n) is 2.40. The van der Waals surface area contributed by atoms with E-state index in [4.69, 9.17) is 9.15 Å². The van der Waals surface area contributed by atoms with Crippen LogP contribution in [0.2, 0.25) is 0 Å². The van der Waals surface area contributed by atoms with Gasteiger partial charge < -0.3 is 9.15 Å². The lowest BCUT2D eigenvalue weighted by molar-refractivity contribution is -0.138. The predicted octanol–water partition coefficient (Wildman–Crippen LogP) is 4.15. The molecule has 12 heteroatoms. The summed E-state index contributed by atoms with van der Waals surface area (Å²) < 4.78 is 48.1. The van der Waals surface area contributed by atoms with Crippen LogP contribution in [0, 0.1) is 11.3 Å². The molecule has 3 aromatic rings. The predicted molar refractivity (Wildman–Crippen MR) is 103 cm³/mol. The number of benzene rings is 1. The van der Waals surface area contributed by atoms with Gasteiger partial charge in [0.25, 0.3) is 5.91 Å². The summed E-state index contributed by atoms with van der Waals surface area (Å²) in [4.78, 5) is 24.1. The number of halogens is 3. The van der Waals surface area contributed by atoms with Crippen LogP contribution in [0.5, 0.6) is 0 Å². The third kappa shape index (κ3) is 4.96. The summed E-state index contributed by atoms with van der Waals surface area (Å²) in [6.45, 7) is 0. The number of anilines is 1. The van der Waals surface area contributed by atoms with E-state index in [-0.39, 0.29) is 28.4 Å². The van der Waals surface area contributed by atoms with Crippen molar-refractivity contribution in [1.82, 2.24) is 10.2 Å². The maximum Gasteiger partial charge on any atom is 0.445 e. The number of furan rings is 1. The van der Waals surface area contributed by atoms with Crippen molar-refractivity contribution in [2.24, 2.45) is 0 Å². The van der Waals surface area contributed by atoms with E-state index in [1.54, 1.807) is 30.3 Å². The van der Waals surface area contributed by atoms with Gasteiger partial charge in [0.1, 0.15) is 23.2 Å². The third-order valence-electron chi connectivity index (χ3n) is 3.76. The molecule has 1 aromatic carbocycles. The standard InChI is InChI=1S/C19H11F3N4O4S/c1-29-16(28)13-5-3-2-4-12(13)14-7-6-11(30-14)8-10(9-23)15(27)24-18-26-25-17(31-18)19(20,21)22/h2-8H,1H3,(H,24,26,27)/b10-8-. The van der Waals surface area contributed by atoms with Gasteiger partial charge in [-0.3, -0.25) is 10.1 Å². The Kier molecular flexibility index (Phi) is 6.17. The van der Waals surface area contributed by atoms with Crippen molar-refractivity contribution in [2.45, 2.75) is 6.18 Å². The molecule has 8 nitrogen and oxygen atoms in total. The summed E-state index contributed by atoms with van der Waals surface area (Å²) in [7, 11) is 1.24. The second kappa shape index (κ2) is 8.80. The fraction of sp³-hybridized carbons (Fsp3) is 0.105. The highest BCUT2D eigenvalue weighted by atomic mass is 32.1. The molecule has 0 saturated carbocycles. The van der Waals surface area contributed by atoms with Gasteiger partial charge in [0.15, 0.2) is 0 Å². The number of amides is 1. The number of esters is 1. The molecule has 0 atom stereocenters. The van der Waals surface area contributed by atoms with Crippen LogP contribution in [0.25, 0.3) is 17.4 Å². The molecule has 31 heavy (non-hydrogen) atoms. The molecule has 158 valence electrons. The molecule has 0 spiro atoms. The molecule has 2 heterocycles. The summed E-state index contributed by atoms with van der Waals surface area (Å²) in [6.07, 6.45) is -3.59. The SMILES string of the molecule is COC(=O)c1ccccc1-c1ccc(/C=C(/C#N)C(=O)Nc2nnc(C(F)(F)F)s2)o1. The lowest BCUT2D eigenvalue weighted by Gasteiger charge is -2.04. The van der Waals surface area contributed by atoms with Crippen molar-refractivity contribution >= 4 is 34.4 Å². The Morgan fingerprint density at radius 2 is 1.97 bits per heavy atom. The minimum atomic E-state index is -4.69. The molecule has 1 N–H and O–H groups in total. The van der Waals surface area contributed by atoms with E-state index >= 15 is 0 Å². The molecule has 0 bridgehead atoms. The zero-order valence-corrected chi connectivity index (χ0v) is 16.4. The van der Waals surface area contributed by atoms with Gasteiger partial charge in [-0.25, -0.2) is 4.79 Å². The number of nitriles is 1. The Morgan fingerprint density at radius 3 is 2.61 bits per heavy atom. The van der Waals surface area contributed by atoms with Gasteiger partial charge in [-0.2, -0.15) is 18.4 Å². The number of carbonyl (C=O) groups excluding carboxylic acids is 2. The smallest absolute Gasteiger partial charge is 0.445 e. The van der Waals surface area contributed by atoms with Crippen LogP contribution in [-0.2, 0) is 15.7 Å². The summed E-state index contributed by atoms with van der Waals surface area (Å²) in [5.74, 6) is -1.17. The number of ether oxygens (including phenoxy) is 1. The highest BCUT2D eigenvalue weighted by Gasteiger charge is 2.35. The molecule has 0 radical (unpaired) electrons. The van der Waals surface area contributed by atoms with E-state index in [0.29, 0.717) is 5.56 Å². The molecule has 0 aliphatic rings. The van der Waals surface area contributed by atoms with E-state index < -0.39 is 33.8 Å². The summed E-state index contributed by atoms with van der Waals surface area (Å²) in [5, 5.41) is 15.9. The second-order valence-corrected chi connectivity index (χ2v) is 6.75. The van der Waals surface area contributed by atoms with Crippen molar-refractivity contribution in [3.63, 3.8) is 0 Å². The quantitative estimate of drug-likeness (QED) is 0.354. The maximum absolute atomic E-state index is 12.6. The Balaban J connectivity index is 1.82. The zero-order valence-electron chi connectivity index (χ0n) is 15.6. The largest absolute Gasteiger partial charge is 0.465 e. The Labute approximate surface area is 176 Å². The van der Waals surface area contributed by atoms with Crippen LogP contribution in [-0.4, -0.2) is 29.2 Å². The first-order valence-electron chi connectivity index (χ1n) is 8.34. The summed E-state index contributed by atoms with van der Waals surface area (Å²) in [5.41, 5.74) is 0.251. The maximum atomic E-state index is 12.6. The molecule has 0 aliphatic carbocycles. The number of hydrogen-bond donors (Lipinski definition) is 1. The molecular formula is C19H11F3N4O4S. The number of alkyl halides is 3. The van der Waals surface area contributed by atoms with Crippen molar-refractivity contribution < 1.29 is 31.9 Å². The Bertz CT molecular complexity index is 1210. The number of aromatic nitrogens is 2. The molecule has 0 aliphatic heterocycles. The van der Waals surface area contributed by atoms with E-state index in [1.807, 2.05) is 0 Å². The summed E-state index contributed by atoms with van der Waals surface area (Å²) >= 11 is 0.127. The van der Waals surface area contributed by atoms with Crippen LogP contribution < -0.4 is 5.32 Å². The first-order valence-corrected chi connectivity index (χ1v) is 9.16. The van der Waals surface area contributed by atoms with Gasteiger partial charge in [0, 0.05) is 11.6 Å². The highest BCUT2D eigenvalue weighted by Crippen LogP contribution is 2.33. The number of nitrogens with one attached hydrogen (secondary N) is 1. The van der Waals surface area contributed by atoms with E-state index in [2.05, 4.69) is 15.5 Å². The first kappa shape index (κ1) is 21.7. The number of nitrogens with zero attached hydrogens (tertiary/aromatic N) is 3. The van der Waals surface area contributed by atoms with Crippen LogP contribution in [0.15, 0.2) is 46.4 Å². The number of carbonyl (C=O) groups is 2. The average molecular weight is 448 g/mol. The fourth-order valence-corrected chi connectivity index (χ4v) is 3.01. The van der Waals surface area contributed by atoms with Gasteiger partial charge >= 0.3 is 12.1 Å². The Morgan fingerprint density at radius 1 is 1.23 bits per heavy atom. The lowest BCUT2D eigenvalue weighted by atomic mass is 10.1. The zero-order chi connectivity index (χ0) is 22.6. The normalized spacial score (nSPS) is 11.6. The minimum Gasteiger partial charge on any atom is -0.465 e. The van der Waals surface area contributed by atoms with Crippen molar-refractivity contribution in [3.8, 4) is 17.4 Å². The second-order valence-electron chi connectivity index (χ2n) is 5.77. The van der Waals surface area contributed by atoms with Crippen LogP contribution in [0.4, 0.5) is 18.3 Å². The van der Waals surface area contributed by atoms with Crippen LogP contribution in [0.1, 0.15) is 21.1 Å². The van der Waals surface area contributed by atoms with E-state index in [0.717, 1.165) is 6.08 Å². The van der Waals surface area contributed by atoms with E-state index in [9.17, 15) is 28.0 Å². The number of methoxy groups -OCH3 is 1. The highest BCUT2D eigenvalue weighted by molar-refractivity contribution is 7.15. The van der Waals surface area contributed by atoms with E-state index in [1.165, 1.54) is 19.2 Å². The van der Waals surface area contributed by atoms with Gasteiger partial charge in [-0.05, 0) is 18.2 Å². The van der Waals surface area contributed by atoms with Gasteiger partial charge in [-0.1, -0.05) is 29.5 Å². The monoisotopic (exact) mass is 448 g/mol. The molecule has 0 saturated heterocycles. The average Bonchev–Trinajstić information content (AvgIpc) is 3.40. The first-order chi connectivity index (χ1) is 14.7. The molecule has 1 amide bonds. The van der Waals surface area contributed by atoms with Gasteiger partial charge in [0.05, 0.1) is 12.7 Å². The molecular weight excluding hydrogens is 437 g/mol. The topological polar surface area (TPSA) is 118 Å². The molecule has 2 aromatic heterocycles. The van der Waals surface area contributed by atoms with Crippen LogP contribution in [0.3, 0.4) is 0 Å². The third-order valence-corrected chi connectivity index (χ3v) is 4.65. The van der Waals surface area contributed by atoms with Crippen molar-refractivity contribution in [3.05, 3.63) is 58.3 Å². The lowest BCUT2D eigenvalue weighted by Crippen LogP contribution is -2.13. The number of rotatable bonds is 5. The molecule has 3 rings (SSSR count). The molecule has 0 fully saturated rings. The number of hydrogen-bond acceptors (Lipinski definition) is 8. The van der Waals surface area contributed by atoms with Crippen LogP contribution >= 0.6 is 11.3 Å². The van der Waals surface area contributed by atoms with Gasteiger partial charge in [0.2, 0.25) is 10.1 Å². The minimum absolute atomic E-state index is 0.106. The Hall–Kier alpha value is -3.98.